The van der Waals surface area contributed by atoms with E-state index in [9.17, 15) is 14.4 Å². The molecule has 0 aliphatic heterocycles. The second kappa shape index (κ2) is 5.14. The van der Waals surface area contributed by atoms with Crippen LogP contribution >= 0.6 is 0 Å². The van der Waals surface area contributed by atoms with Crippen LogP contribution in [0.15, 0.2) is 38.6 Å². The first-order valence-corrected chi connectivity index (χ1v) is 6.81. The lowest BCUT2D eigenvalue weighted by Crippen LogP contribution is -2.37. The summed E-state index contributed by atoms with van der Waals surface area (Å²) in [5.74, 6) is 0. The summed E-state index contributed by atoms with van der Waals surface area (Å²) in [5.41, 5.74) is 0.106. The van der Waals surface area contributed by atoms with E-state index in [2.05, 4.69) is 4.98 Å². The number of imidazole rings is 1. The Hall–Kier alpha value is -3.34. The summed E-state index contributed by atoms with van der Waals surface area (Å²) in [5, 5.41) is 8.81. The van der Waals surface area contributed by atoms with E-state index in [1.165, 1.54) is 23.2 Å². The zero-order valence-corrected chi connectivity index (χ0v) is 12.5. The molecule has 0 amide bonds. The Kier molecular flexibility index (Phi) is 3.26. The molecule has 3 aromatic rings. The lowest BCUT2D eigenvalue weighted by Gasteiger charge is -2.06. The van der Waals surface area contributed by atoms with Crippen LogP contribution in [0, 0.1) is 11.3 Å². The molecule has 0 unspecified atom stereocenters. The number of aromatic amines is 1. The molecular weight excluding hydrogens is 298 g/mol. The molecule has 2 aromatic heterocycles. The fourth-order valence-electron chi connectivity index (χ4n) is 2.50. The standard InChI is InChI=1S/C15H13N5O3/c1-18-12-11(13(21)19(2)15(18)23)20(14(22)17-12)8-10-5-3-9(7-16)4-6-10/h3-6H,8H2,1-2H3,(H,17,22). The summed E-state index contributed by atoms with van der Waals surface area (Å²) >= 11 is 0. The van der Waals surface area contributed by atoms with Crippen LogP contribution in [0.4, 0.5) is 0 Å². The number of aryl methyl sites for hydroxylation is 1. The molecule has 0 saturated heterocycles. The van der Waals surface area contributed by atoms with Crippen LogP contribution in [0.5, 0.6) is 0 Å². The summed E-state index contributed by atoms with van der Waals surface area (Å²) in [4.78, 5) is 39.0. The van der Waals surface area contributed by atoms with Crippen molar-refractivity contribution in [3.05, 3.63) is 66.7 Å². The van der Waals surface area contributed by atoms with E-state index in [0.717, 1.165) is 10.1 Å². The molecule has 3 rings (SSSR count). The van der Waals surface area contributed by atoms with Crippen LogP contribution in [0.1, 0.15) is 11.1 Å². The van der Waals surface area contributed by atoms with Gasteiger partial charge in [-0.3, -0.25) is 23.5 Å². The molecule has 0 atom stereocenters. The molecule has 0 aliphatic rings. The topological polar surface area (TPSA) is 106 Å². The minimum Gasteiger partial charge on any atom is -0.291 e. The van der Waals surface area contributed by atoms with Crippen molar-refractivity contribution in [2.24, 2.45) is 14.1 Å². The Bertz CT molecular complexity index is 1120. The molecule has 0 bridgehead atoms. The van der Waals surface area contributed by atoms with E-state index in [1.807, 2.05) is 6.07 Å². The highest BCUT2D eigenvalue weighted by Gasteiger charge is 2.16. The van der Waals surface area contributed by atoms with Gasteiger partial charge in [-0.2, -0.15) is 5.26 Å². The van der Waals surface area contributed by atoms with Crippen LogP contribution in [0.25, 0.3) is 11.2 Å². The van der Waals surface area contributed by atoms with Gasteiger partial charge < -0.3 is 0 Å². The summed E-state index contributed by atoms with van der Waals surface area (Å²) in [6, 6.07) is 8.74. The zero-order valence-electron chi connectivity index (χ0n) is 12.5. The van der Waals surface area contributed by atoms with Gasteiger partial charge in [0.05, 0.1) is 18.2 Å². The number of nitrogens with one attached hydrogen (secondary N) is 1. The van der Waals surface area contributed by atoms with Crippen LogP contribution in [-0.4, -0.2) is 18.7 Å². The molecule has 8 heteroatoms. The Labute approximate surface area is 129 Å². The highest BCUT2D eigenvalue weighted by Crippen LogP contribution is 2.08. The third-order valence-corrected chi connectivity index (χ3v) is 3.80. The first-order chi connectivity index (χ1) is 10.9. The van der Waals surface area contributed by atoms with E-state index in [1.54, 1.807) is 24.3 Å². The number of nitriles is 1. The van der Waals surface area contributed by atoms with Crippen LogP contribution in [0.2, 0.25) is 0 Å². The maximum atomic E-state index is 12.4. The van der Waals surface area contributed by atoms with Gasteiger partial charge in [-0.25, -0.2) is 9.59 Å². The van der Waals surface area contributed by atoms with Gasteiger partial charge in [-0.15, -0.1) is 0 Å². The van der Waals surface area contributed by atoms with Crippen molar-refractivity contribution in [3.8, 4) is 6.07 Å². The minimum absolute atomic E-state index is 0.143. The van der Waals surface area contributed by atoms with E-state index in [0.29, 0.717) is 5.56 Å². The maximum Gasteiger partial charge on any atom is 0.332 e. The Morgan fingerprint density at radius 2 is 1.74 bits per heavy atom. The van der Waals surface area contributed by atoms with Gasteiger partial charge in [-0.1, -0.05) is 12.1 Å². The number of hydrogen-bond acceptors (Lipinski definition) is 4. The van der Waals surface area contributed by atoms with Crippen molar-refractivity contribution >= 4 is 11.2 Å². The number of hydrogen-bond donors (Lipinski definition) is 1. The summed E-state index contributed by atoms with van der Waals surface area (Å²) in [6.07, 6.45) is 0. The first kappa shape index (κ1) is 14.6. The van der Waals surface area contributed by atoms with Crippen molar-refractivity contribution in [2.75, 3.05) is 0 Å². The van der Waals surface area contributed by atoms with E-state index in [4.69, 9.17) is 5.26 Å². The van der Waals surface area contributed by atoms with Crippen molar-refractivity contribution in [3.63, 3.8) is 0 Å². The largest absolute Gasteiger partial charge is 0.332 e. The number of rotatable bonds is 2. The molecule has 116 valence electrons. The number of H-pyrrole nitrogens is 1. The van der Waals surface area contributed by atoms with Crippen molar-refractivity contribution in [1.29, 1.82) is 5.26 Å². The Morgan fingerprint density at radius 3 is 2.35 bits per heavy atom. The molecule has 0 saturated carbocycles. The molecule has 1 aromatic carbocycles. The van der Waals surface area contributed by atoms with Gasteiger partial charge in [0.25, 0.3) is 5.56 Å². The second-order valence-electron chi connectivity index (χ2n) is 5.23. The van der Waals surface area contributed by atoms with E-state index >= 15 is 0 Å². The second-order valence-corrected chi connectivity index (χ2v) is 5.23. The zero-order chi connectivity index (χ0) is 16.7. The van der Waals surface area contributed by atoms with Crippen molar-refractivity contribution in [1.82, 2.24) is 18.7 Å². The molecule has 0 radical (unpaired) electrons. The maximum absolute atomic E-state index is 12.4. The van der Waals surface area contributed by atoms with Gasteiger partial charge >= 0.3 is 11.4 Å². The SMILES string of the molecule is Cn1c(=O)c2c([nH]c(=O)n2Cc2ccc(C#N)cc2)n(C)c1=O. The average Bonchev–Trinajstić information content (AvgIpc) is 2.88. The highest BCUT2D eigenvalue weighted by atomic mass is 16.2. The highest BCUT2D eigenvalue weighted by molar-refractivity contribution is 5.70. The summed E-state index contributed by atoms with van der Waals surface area (Å²) < 4.78 is 3.48. The molecule has 2 heterocycles. The van der Waals surface area contributed by atoms with Crippen LogP contribution in [-0.2, 0) is 20.6 Å². The molecule has 1 N–H and O–H groups in total. The number of fused-ring (bicyclic) bond motifs is 1. The Morgan fingerprint density at radius 1 is 1.09 bits per heavy atom. The predicted molar refractivity (Wildman–Crippen MR) is 83.3 cm³/mol. The smallest absolute Gasteiger partial charge is 0.291 e. The lowest BCUT2D eigenvalue weighted by atomic mass is 10.1. The molecular formula is C15H13N5O3. The minimum atomic E-state index is -0.532. The third kappa shape index (κ3) is 2.19. The fourth-order valence-corrected chi connectivity index (χ4v) is 2.50. The van der Waals surface area contributed by atoms with Gasteiger partial charge in [0.15, 0.2) is 5.52 Å². The first-order valence-electron chi connectivity index (χ1n) is 6.81. The number of aromatic nitrogens is 4. The summed E-state index contributed by atoms with van der Waals surface area (Å²) in [7, 11) is 2.86. The van der Waals surface area contributed by atoms with Crippen molar-refractivity contribution in [2.45, 2.75) is 6.54 Å². The van der Waals surface area contributed by atoms with Crippen LogP contribution < -0.4 is 16.9 Å². The van der Waals surface area contributed by atoms with Gasteiger partial charge in [0.1, 0.15) is 5.65 Å². The van der Waals surface area contributed by atoms with Crippen LogP contribution in [0.3, 0.4) is 0 Å². The van der Waals surface area contributed by atoms with Crippen molar-refractivity contribution < 1.29 is 0 Å². The fraction of sp³-hybridized carbons (Fsp3) is 0.200. The van der Waals surface area contributed by atoms with E-state index < -0.39 is 16.9 Å². The predicted octanol–water partition coefficient (Wildman–Crippen LogP) is -0.353. The molecule has 0 spiro atoms. The van der Waals surface area contributed by atoms with Gasteiger partial charge in [-0.05, 0) is 17.7 Å². The quantitative estimate of drug-likeness (QED) is 0.698. The number of nitrogens with zero attached hydrogens (tertiary/aromatic N) is 4. The molecule has 0 aliphatic carbocycles. The monoisotopic (exact) mass is 311 g/mol. The summed E-state index contributed by atoms with van der Waals surface area (Å²) in [6.45, 7) is 0.165. The molecule has 8 nitrogen and oxygen atoms in total. The normalized spacial score (nSPS) is 10.8. The number of benzene rings is 1. The lowest BCUT2D eigenvalue weighted by molar-refractivity contribution is 0.701. The third-order valence-electron chi connectivity index (χ3n) is 3.80. The van der Waals surface area contributed by atoms with Gasteiger partial charge in [0.2, 0.25) is 0 Å². The molecule has 0 fully saturated rings. The van der Waals surface area contributed by atoms with Gasteiger partial charge in [0, 0.05) is 14.1 Å². The average molecular weight is 311 g/mol. The molecule has 23 heavy (non-hydrogen) atoms. The Balaban J connectivity index is 2.24. The van der Waals surface area contributed by atoms with E-state index in [-0.39, 0.29) is 17.7 Å².